The van der Waals surface area contributed by atoms with Crippen LogP contribution in [0, 0.1) is 5.92 Å². The van der Waals surface area contributed by atoms with Crippen LogP contribution in [-0.4, -0.2) is 34.3 Å². The fraction of sp³-hybridized carbons (Fsp3) is 0.786. The molecule has 0 aromatic rings. The molecule has 0 rings (SSSR count). The standard InChI is InChI=1S/C14H28O5Si/c1-8-16-20(17-9-2,10-11(3)4)19-13(7)18-14(15)12(5)6/h11,13H,5,8-10H2,1-4,6-7H3. The van der Waals surface area contributed by atoms with Crippen molar-refractivity contribution in [2.75, 3.05) is 13.2 Å². The number of hydrogen-bond acceptors (Lipinski definition) is 5. The average molecular weight is 304 g/mol. The molecular formula is C14H28O5Si. The number of rotatable bonds is 10. The lowest BCUT2D eigenvalue weighted by atomic mass is 10.3. The Morgan fingerprint density at radius 1 is 1.15 bits per heavy atom. The third kappa shape index (κ3) is 7.19. The Labute approximate surface area is 123 Å². The lowest BCUT2D eigenvalue weighted by Crippen LogP contribution is -2.49. The van der Waals surface area contributed by atoms with Gasteiger partial charge in [0.25, 0.3) is 0 Å². The van der Waals surface area contributed by atoms with Gasteiger partial charge in [0.05, 0.1) is 0 Å². The molecule has 20 heavy (non-hydrogen) atoms. The second kappa shape index (κ2) is 9.28. The largest absolute Gasteiger partial charge is 0.503 e. The van der Waals surface area contributed by atoms with Crippen molar-refractivity contribution in [3.8, 4) is 0 Å². The molecule has 0 aliphatic heterocycles. The summed E-state index contributed by atoms with van der Waals surface area (Å²) in [4.78, 5) is 11.5. The molecule has 0 spiro atoms. The smallest absolute Gasteiger partial charge is 0.434 e. The van der Waals surface area contributed by atoms with Crippen LogP contribution in [0.5, 0.6) is 0 Å². The van der Waals surface area contributed by atoms with Gasteiger partial charge >= 0.3 is 14.8 Å². The van der Waals surface area contributed by atoms with Gasteiger partial charge in [0.2, 0.25) is 0 Å². The van der Waals surface area contributed by atoms with Crippen LogP contribution in [0.2, 0.25) is 6.04 Å². The van der Waals surface area contributed by atoms with Crippen molar-refractivity contribution in [1.29, 1.82) is 0 Å². The van der Waals surface area contributed by atoms with Crippen LogP contribution in [0.1, 0.15) is 41.5 Å². The summed E-state index contributed by atoms with van der Waals surface area (Å²) in [6, 6.07) is 0.684. The van der Waals surface area contributed by atoms with E-state index in [1.165, 1.54) is 0 Å². The van der Waals surface area contributed by atoms with E-state index in [0.29, 0.717) is 30.7 Å². The molecule has 0 fully saturated rings. The Bertz CT molecular complexity index is 311. The summed E-state index contributed by atoms with van der Waals surface area (Å²) in [5.74, 6) is -0.109. The molecule has 1 atom stereocenters. The van der Waals surface area contributed by atoms with Gasteiger partial charge in [-0.15, -0.1) is 0 Å². The van der Waals surface area contributed by atoms with Crippen molar-refractivity contribution in [2.24, 2.45) is 5.92 Å². The Morgan fingerprint density at radius 3 is 2.00 bits per heavy atom. The molecule has 0 saturated carbocycles. The number of esters is 1. The minimum Gasteiger partial charge on any atom is -0.434 e. The monoisotopic (exact) mass is 304 g/mol. The highest BCUT2D eigenvalue weighted by Gasteiger charge is 2.43. The van der Waals surface area contributed by atoms with E-state index in [1.54, 1.807) is 13.8 Å². The lowest BCUT2D eigenvalue weighted by Gasteiger charge is -2.32. The second-order valence-electron chi connectivity index (χ2n) is 5.02. The van der Waals surface area contributed by atoms with Gasteiger partial charge in [-0.3, -0.25) is 0 Å². The van der Waals surface area contributed by atoms with Gasteiger partial charge in [0.15, 0.2) is 6.29 Å². The molecule has 5 nitrogen and oxygen atoms in total. The molecule has 0 aliphatic rings. The summed E-state index contributed by atoms with van der Waals surface area (Å²) in [5.41, 5.74) is 0.337. The van der Waals surface area contributed by atoms with Crippen LogP contribution in [0.25, 0.3) is 0 Å². The zero-order valence-corrected chi connectivity index (χ0v) is 14.5. The molecule has 0 bridgehead atoms. The lowest BCUT2D eigenvalue weighted by molar-refractivity contribution is -0.162. The van der Waals surface area contributed by atoms with E-state index in [1.807, 2.05) is 13.8 Å². The Hall–Kier alpha value is -0.693. The van der Waals surface area contributed by atoms with Crippen molar-refractivity contribution in [1.82, 2.24) is 0 Å². The molecule has 0 heterocycles. The van der Waals surface area contributed by atoms with Crippen molar-refractivity contribution in [2.45, 2.75) is 53.9 Å². The predicted molar refractivity (Wildman–Crippen MR) is 80.1 cm³/mol. The Balaban J connectivity index is 4.83. The van der Waals surface area contributed by atoms with Crippen LogP contribution in [0.3, 0.4) is 0 Å². The summed E-state index contributed by atoms with van der Waals surface area (Å²) >= 11 is 0. The first-order valence-corrected chi connectivity index (χ1v) is 9.01. The van der Waals surface area contributed by atoms with Crippen LogP contribution in [0.4, 0.5) is 0 Å². The van der Waals surface area contributed by atoms with E-state index >= 15 is 0 Å². The van der Waals surface area contributed by atoms with Crippen molar-refractivity contribution in [3.05, 3.63) is 12.2 Å². The number of hydrogen-bond donors (Lipinski definition) is 0. The predicted octanol–water partition coefficient (Wildman–Crippen LogP) is 3.14. The summed E-state index contributed by atoms with van der Waals surface area (Å²) < 4.78 is 22.6. The highest BCUT2D eigenvalue weighted by molar-refractivity contribution is 6.60. The normalized spacial score (nSPS) is 13.3. The molecule has 0 saturated heterocycles. The van der Waals surface area contributed by atoms with E-state index in [0.717, 1.165) is 0 Å². The molecule has 0 radical (unpaired) electrons. The summed E-state index contributed by atoms with van der Waals surface area (Å²) in [5, 5.41) is 0. The van der Waals surface area contributed by atoms with Gasteiger partial charge in [0, 0.05) is 24.8 Å². The van der Waals surface area contributed by atoms with Crippen molar-refractivity contribution >= 4 is 14.8 Å². The van der Waals surface area contributed by atoms with E-state index < -0.39 is 21.1 Å². The average Bonchev–Trinajstić information content (AvgIpc) is 2.27. The van der Waals surface area contributed by atoms with Crippen molar-refractivity contribution < 1.29 is 22.8 Å². The molecule has 0 amide bonds. The molecular weight excluding hydrogens is 276 g/mol. The van der Waals surface area contributed by atoms with Gasteiger partial charge in [0.1, 0.15) is 0 Å². The number of carbonyl (C=O) groups excluding carboxylic acids is 1. The van der Waals surface area contributed by atoms with E-state index in [-0.39, 0.29) is 0 Å². The molecule has 0 aromatic carbocycles. The van der Waals surface area contributed by atoms with Gasteiger partial charge in [-0.2, -0.15) is 0 Å². The minimum absolute atomic E-state index is 0.337. The van der Waals surface area contributed by atoms with E-state index in [2.05, 4.69) is 20.4 Å². The SMILES string of the molecule is C=C(C)C(=O)OC(C)O[Si](CC(C)C)(OCC)OCC. The van der Waals surface area contributed by atoms with Gasteiger partial charge in [-0.25, -0.2) is 4.79 Å². The van der Waals surface area contributed by atoms with Crippen LogP contribution in [0.15, 0.2) is 12.2 Å². The zero-order chi connectivity index (χ0) is 15.8. The summed E-state index contributed by atoms with van der Waals surface area (Å²) in [6.45, 7) is 15.8. The maximum absolute atomic E-state index is 11.5. The molecule has 0 aromatic heterocycles. The number of ether oxygens (including phenoxy) is 1. The van der Waals surface area contributed by atoms with Crippen LogP contribution < -0.4 is 0 Å². The molecule has 118 valence electrons. The van der Waals surface area contributed by atoms with E-state index in [9.17, 15) is 4.79 Å². The molecule has 1 unspecified atom stereocenters. The molecule has 0 N–H and O–H groups in total. The first-order valence-electron chi connectivity index (χ1n) is 7.08. The van der Waals surface area contributed by atoms with Crippen LogP contribution in [-0.2, 0) is 22.8 Å². The topological polar surface area (TPSA) is 54.0 Å². The minimum atomic E-state index is -2.83. The van der Waals surface area contributed by atoms with Crippen LogP contribution >= 0.6 is 0 Å². The zero-order valence-electron chi connectivity index (χ0n) is 13.5. The maximum Gasteiger partial charge on any atom is 0.503 e. The van der Waals surface area contributed by atoms with Gasteiger partial charge in [-0.05, 0) is 33.6 Å². The highest BCUT2D eigenvalue weighted by atomic mass is 28.4. The quantitative estimate of drug-likeness (QED) is 0.269. The maximum atomic E-state index is 11.5. The molecule has 0 aliphatic carbocycles. The fourth-order valence-electron chi connectivity index (χ4n) is 1.74. The first kappa shape index (κ1) is 19.3. The fourth-order valence-corrected chi connectivity index (χ4v) is 4.73. The highest BCUT2D eigenvalue weighted by Crippen LogP contribution is 2.23. The summed E-state index contributed by atoms with van der Waals surface area (Å²) in [7, 11) is -2.83. The molecule has 6 heteroatoms. The Kier molecular flexibility index (Phi) is 8.96. The third-order valence-electron chi connectivity index (χ3n) is 2.35. The Morgan fingerprint density at radius 2 is 1.65 bits per heavy atom. The summed E-state index contributed by atoms with van der Waals surface area (Å²) in [6.07, 6.45) is -0.720. The van der Waals surface area contributed by atoms with Gasteiger partial charge in [-0.1, -0.05) is 20.4 Å². The second-order valence-corrected chi connectivity index (χ2v) is 7.61. The first-order chi connectivity index (χ1) is 9.26. The third-order valence-corrected chi connectivity index (χ3v) is 5.82. The number of carbonyl (C=O) groups is 1. The van der Waals surface area contributed by atoms with Gasteiger partial charge < -0.3 is 18.0 Å². The van der Waals surface area contributed by atoms with Crippen molar-refractivity contribution in [3.63, 3.8) is 0 Å². The van der Waals surface area contributed by atoms with E-state index in [4.69, 9.17) is 18.0 Å².